The van der Waals surface area contributed by atoms with Crippen LogP contribution in [0.2, 0.25) is 0 Å². The Hall–Kier alpha value is -2.61. The van der Waals surface area contributed by atoms with E-state index < -0.39 is 0 Å². The molecule has 5 nitrogen and oxygen atoms in total. The zero-order valence-corrected chi connectivity index (χ0v) is 15.6. The minimum Gasteiger partial charge on any atom is -0.305 e. The quantitative estimate of drug-likeness (QED) is 0.897. The number of H-pyrrole nitrogens is 1. The molecule has 1 N–H and O–H groups in total. The third-order valence-corrected chi connectivity index (χ3v) is 7.03. The Morgan fingerprint density at radius 1 is 1.11 bits per heavy atom. The number of carbonyl (C=O) groups excluding carboxylic acids is 1. The number of carbonyl (C=O) groups is 1. The van der Waals surface area contributed by atoms with E-state index in [1.807, 2.05) is 36.1 Å². The number of hydrogen-bond donors (Lipinski definition) is 1. The van der Waals surface area contributed by atoms with Gasteiger partial charge in [-0.2, -0.15) is 10.4 Å². The van der Waals surface area contributed by atoms with Gasteiger partial charge >= 0.3 is 0 Å². The number of aromatic nitrogens is 2. The molecule has 1 amide bonds. The number of aryl methyl sites for hydroxylation is 1. The second kappa shape index (κ2) is 6.23. The molecule has 138 valence electrons. The first-order chi connectivity index (χ1) is 13.1. The maximum absolute atomic E-state index is 13.6. The fourth-order valence-electron chi connectivity index (χ4n) is 6.14. The SMILES string of the molecule is Cc1[nH]ncc1C(=O)N(c1ccc(C#N)cc1)C1C2CC3CC(C2)CC1C3. The molecule has 27 heavy (non-hydrogen) atoms. The van der Waals surface area contributed by atoms with Crippen molar-refractivity contribution in [3.63, 3.8) is 0 Å². The van der Waals surface area contributed by atoms with Crippen LogP contribution in [0.4, 0.5) is 5.69 Å². The Balaban J connectivity index is 1.57. The fraction of sp³-hybridized carbons (Fsp3) is 0.500. The molecule has 2 aromatic rings. The van der Waals surface area contributed by atoms with Gasteiger partial charge in [0.2, 0.25) is 0 Å². The number of hydrogen-bond acceptors (Lipinski definition) is 3. The van der Waals surface area contributed by atoms with E-state index in [1.54, 1.807) is 6.20 Å². The summed E-state index contributed by atoms with van der Waals surface area (Å²) in [6, 6.07) is 9.91. The Kier molecular flexibility index (Phi) is 3.82. The van der Waals surface area contributed by atoms with Gasteiger partial charge in [-0.1, -0.05) is 0 Å². The number of nitrogens with zero attached hydrogens (tertiary/aromatic N) is 3. The summed E-state index contributed by atoms with van der Waals surface area (Å²) in [4.78, 5) is 15.6. The molecule has 4 aliphatic carbocycles. The Morgan fingerprint density at radius 2 is 1.74 bits per heavy atom. The van der Waals surface area contributed by atoms with Gasteiger partial charge in [-0.3, -0.25) is 9.89 Å². The molecule has 0 spiro atoms. The van der Waals surface area contributed by atoms with Crippen molar-refractivity contribution in [3.8, 4) is 6.07 Å². The van der Waals surface area contributed by atoms with E-state index in [2.05, 4.69) is 16.3 Å². The summed E-state index contributed by atoms with van der Waals surface area (Å²) < 4.78 is 0. The number of aromatic amines is 1. The minimum atomic E-state index is 0.0310. The normalized spacial score (nSPS) is 30.9. The van der Waals surface area contributed by atoms with Crippen LogP contribution >= 0.6 is 0 Å². The highest BCUT2D eigenvalue weighted by atomic mass is 16.2. The molecule has 0 radical (unpaired) electrons. The van der Waals surface area contributed by atoms with Gasteiger partial charge in [0, 0.05) is 17.4 Å². The summed E-state index contributed by atoms with van der Waals surface area (Å²) in [6.45, 7) is 1.90. The topological polar surface area (TPSA) is 72.8 Å². The lowest BCUT2D eigenvalue weighted by Gasteiger charge is -2.57. The maximum atomic E-state index is 13.6. The van der Waals surface area contributed by atoms with E-state index in [4.69, 9.17) is 5.26 Å². The Morgan fingerprint density at radius 3 is 2.26 bits per heavy atom. The standard InChI is InChI=1S/C22H24N4O/c1-13-20(12-24-25-13)22(27)26(19-4-2-14(11-23)3-5-19)21-17-7-15-6-16(9-17)10-18(21)8-15/h2-5,12,15-18,21H,6-10H2,1H3,(H,24,25). The smallest absolute Gasteiger partial charge is 0.262 e. The van der Waals surface area contributed by atoms with Crippen LogP contribution in [0.5, 0.6) is 0 Å². The van der Waals surface area contributed by atoms with Crippen molar-refractivity contribution >= 4 is 11.6 Å². The fourth-order valence-corrected chi connectivity index (χ4v) is 6.14. The van der Waals surface area contributed by atoms with Gasteiger partial charge in [-0.15, -0.1) is 0 Å². The zero-order chi connectivity index (χ0) is 18.5. The maximum Gasteiger partial charge on any atom is 0.262 e. The Labute approximate surface area is 159 Å². The molecule has 4 bridgehead atoms. The van der Waals surface area contributed by atoms with Gasteiger partial charge in [0.1, 0.15) is 0 Å². The molecule has 0 saturated heterocycles. The number of nitriles is 1. The molecule has 1 aromatic carbocycles. The summed E-state index contributed by atoms with van der Waals surface area (Å²) in [6.07, 6.45) is 8.05. The van der Waals surface area contributed by atoms with Crippen LogP contribution in [0.3, 0.4) is 0 Å². The van der Waals surface area contributed by atoms with Crippen molar-refractivity contribution in [2.24, 2.45) is 23.7 Å². The van der Waals surface area contributed by atoms with E-state index in [-0.39, 0.29) is 11.9 Å². The van der Waals surface area contributed by atoms with Gasteiger partial charge in [-0.05, 0) is 87.0 Å². The van der Waals surface area contributed by atoms with E-state index in [9.17, 15) is 4.79 Å². The predicted molar refractivity (Wildman–Crippen MR) is 102 cm³/mol. The number of rotatable bonds is 3. The summed E-state index contributed by atoms with van der Waals surface area (Å²) in [5, 5.41) is 16.1. The van der Waals surface area contributed by atoms with Crippen LogP contribution in [-0.2, 0) is 0 Å². The highest BCUT2D eigenvalue weighted by molar-refractivity contribution is 6.07. The highest BCUT2D eigenvalue weighted by Gasteiger charge is 2.51. The molecule has 1 aromatic heterocycles. The van der Waals surface area contributed by atoms with E-state index in [0.717, 1.165) is 23.2 Å². The van der Waals surface area contributed by atoms with Crippen LogP contribution in [0.15, 0.2) is 30.5 Å². The molecule has 0 unspecified atom stereocenters. The zero-order valence-electron chi connectivity index (χ0n) is 15.6. The molecule has 6 rings (SSSR count). The monoisotopic (exact) mass is 360 g/mol. The van der Waals surface area contributed by atoms with E-state index in [1.165, 1.54) is 32.1 Å². The van der Waals surface area contributed by atoms with Gasteiger partial charge < -0.3 is 4.90 Å². The van der Waals surface area contributed by atoms with Crippen LogP contribution in [0.25, 0.3) is 0 Å². The van der Waals surface area contributed by atoms with Crippen molar-refractivity contribution in [2.75, 3.05) is 4.90 Å². The molecule has 1 heterocycles. The van der Waals surface area contributed by atoms with E-state index >= 15 is 0 Å². The van der Waals surface area contributed by atoms with Crippen molar-refractivity contribution in [1.29, 1.82) is 5.26 Å². The molecule has 4 saturated carbocycles. The minimum absolute atomic E-state index is 0.0310. The third kappa shape index (κ3) is 2.66. The third-order valence-electron chi connectivity index (χ3n) is 7.03. The number of nitrogens with one attached hydrogen (secondary N) is 1. The first kappa shape index (κ1) is 16.6. The summed E-state index contributed by atoms with van der Waals surface area (Å²) in [5.74, 6) is 2.93. The van der Waals surface area contributed by atoms with E-state index in [0.29, 0.717) is 23.0 Å². The Bertz CT molecular complexity index is 879. The van der Waals surface area contributed by atoms with Gasteiger partial charge in [-0.25, -0.2) is 0 Å². The number of anilines is 1. The largest absolute Gasteiger partial charge is 0.305 e. The molecule has 0 aliphatic heterocycles. The molecule has 4 aliphatic rings. The van der Waals surface area contributed by atoms with Crippen LogP contribution in [-0.4, -0.2) is 22.1 Å². The van der Waals surface area contributed by atoms with Crippen molar-refractivity contribution in [3.05, 3.63) is 47.3 Å². The lowest BCUT2D eigenvalue weighted by atomic mass is 9.53. The average molecular weight is 360 g/mol. The molecular weight excluding hydrogens is 336 g/mol. The summed E-state index contributed by atoms with van der Waals surface area (Å²) in [5.41, 5.74) is 2.98. The van der Waals surface area contributed by atoms with Gasteiger partial charge in [0.15, 0.2) is 0 Å². The van der Waals surface area contributed by atoms with Crippen LogP contribution < -0.4 is 4.90 Å². The molecule has 5 heteroatoms. The van der Waals surface area contributed by atoms with Gasteiger partial charge in [0.05, 0.1) is 23.4 Å². The lowest BCUT2D eigenvalue weighted by Crippen LogP contribution is -2.57. The predicted octanol–water partition coefficient (Wildman–Crippen LogP) is 4.06. The van der Waals surface area contributed by atoms with Gasteiger partial charge in [0.25, 0.3) is 5.91 Å². The lowest BCUT2D eigenvalue weighted by molar-refractivity contribution is -0.00225. The van der Waals surface area contributed by atoms with Crippen LogP contribution in [0.1, 0.15) is 53.7 Å². The van der Waals surface area contributed by atoms with Crippen molar-refractivity contribution < 1.29 is 4.79 Å². The van der Waals surface area contributed by atoms with Crippen LogP contribution in [0, 0.1) is 41.9 Å². The average Bonchev–Trinajstić information content (AvgIpc) is 3.10. The first-order valence-corrected chi connectivity index (χ1v) is 9.97. The molecule has 4 fully saturated rings. The van der Waals surface area contributed by atoms with Crippen molar-refractivity contribution in [1.82, 2.24) is 10.2 Å². The first-order valence-electron chi connectivity index (χ1n) is 9.97. The number of benzene rings is 1. The number of amides is 1. The second-order valence-electron chi connectivity index (χ2n) is 8.66. The molecular formula is C22H24N4O. The summed E-state index contributed by atoms with van der Waals surface area (Å²) >= 11 is 0. The molecule has 0 atom stereocenters. The second-order valence-corrected chi connectivity index (χ2v) is 8.66. The van der Waals surface area contributed by atoms with Crippen molar-refractivity contribution in [2.45, 2.75) is 45.1 Å². The summed E-state index contributed by atoms with van der Waals surface area (Å²) in [7, 11) is 0. The highest BCUT2D eigenvalue weighted by Crippen LogP contribution is 2.55.